The van der Waals surface area contributed by atoms with E-state index in [2.05, 4.69) is 5.32 Å². The number of aromatic nitrogens is 1. The zero-order chi connectivity index (χ0) is 24.6. The zero-order valence-corrected chi connectivity index (χ0v) is 18.2. The van der Waals surface area contributed by atoms with Crippen LogP contribution in [-0.4, -0.2) is 40.8 Å². The van der Waals surface area contributed by atoms with Crippen molar-refractivity contribution in [1.29, 1.82) is 0 Å². The van der Waals surface area contributed by atoms with Crippen LogP contribution in [-0.2, 0) is 6.54 Å². The first-order chi connectivity index (χ1) is 16.1. The number of nitrogens with one attached hydrogen (secondary N) is 1. The predicted octanol–water partition coefficient (Wildman–Crippen LogP) is 3.62. The maximum Gasteiger partial charge on any atom is 0.275 e. The summed E-state index contributed by atoms with van der Waals surface area (Å²) >= 11 is 0. The molecule has 1 aliphatic rings. The first kappa shape index (κ1) is 23.7. The van der Waals surface area contributed by atoms with Gasteiger partial charge in [-0.15, -0.1) is 0 Å². The highest BCUT2D eigenvalue weighted by molar-refractivity contribution is 5.97. The van der Waals surface area contributed by atoms with Crippen molar-refractivity contribution in [3.05, 3.63) is 75.6 Å². The molecule has 0 unspecified atom stereocenters. The number of pyridine rings is 1. The molecule has 10 heteroatoms. The quantitative estimate of drug-likeness (QED) is 0.549. The lowest BCUT2D eigenvalue weighted by Crippen LogP contribution is -2.54. The fourth-order valence-corrected chi connectivity index (χ4v) is 4.22. The van der Waals surface area contributed by atoms with Gasteiger partial charge in [0.1, 0.15) is 29.1 Å². The minimum atomic E-state index is -3.39. The van der Waals surface area contributed by atoms with Crippen LogP contribution in [0.4, 0.5) is 17.6 Å². The first-order valence-corrected chi connectivity index (χ1v) is 10.6. The lowest BCUT2D eigenvalue weighted by atomic mass is 9.89. The molecular formula is C24H22F4N2O4. The minimum absolute atomic E-state index is 0.0223. The summed E-state index contributed by atoms with van der Waals surface area (Å²) in [6.45, 7) is -0.0223. The minimum Gasteiger partial charge on any atom is -0.497 e. The number of carbonyl (C=O) groups excluding carboxylic acids is 1. The van der Waals surface area contributed by atoms with Crippen molar-refractivity contribution in [2.75, 3.05) is 7.11 Å². The van der Waals surface area contributed by atoms with Crippen LogP contribution in [0.5, 0.6) is 5.75 Å². The number of aliphatic hydroxyl groups excluding tert-OH is 1. The van der Waals surface area contributed by atoms with Crippen LogP contribution in [0, 0.1) is 11.6 Å². The average Bonchev–Trinajstić information content (AvgIpc) is 2.80. The van der Waals surface area contributed by atoms with E-state index in [0.717, 1.165) is 18.3 Å². The molecule has 0 radical (unpaired) electrons. The van der Waals surface area contributed by atoms with Crippen molar-refractivity contribution < 1.29 is 32.2 Å². The van der Waals surface area contributed by atoms with Gasteiger partial charge in [-0.1, -0.05) is 12.1 Å². The lowest BCUT2D eigenvalue weighted by molar-refractivity contribution is -0.141. The summed E-state index contributed by atoms with van der Waals surface area (Å²) in [5.41, 5.74) is -1.32. The number of hydrogen-bond donors (Lipinski definition) is 2. The van der Waals surface area contributed by atoms with Gasteiger partial charge in [0.2, 0.25) is 5.43 Å². The first-order valence-electron chi connectivity index (χ1n) is 10.6. The molecule has 0 spiro atoms. The molecule has 0 bridgehead atoms. The van der Waals surface area contributed by atoms with E-state index in [1.807, 2.05) is 0 Å². The van der Waals surface area contributed by atoms with Crippen LogP contribution in [0.3, 0.4) is 0 Å². The molecule has 0 aliphatic heterocycles. The number of fused-ring (bicyclic) bond motifs is 1. The maximum atomic E-state index is 14.7. The Morgan fingerprint density at radius 2 is 1.85 bits per heavy atom. The highest BCUT2D eigenvalue weighted by atomic mass is 19.3. The summed E-state index contributed by atoms with van der Waals surface area (Å²) in [7, 11) is 1.49. The molecule has 180 valence electrons. The van der Waals surface area contributed by atoms with Crippen LogP contribution in [0.15, 0.2) is 47.4 Å². The summed E-state index contributed by atoms with van der Waals surface area (Å²) in [6.07, 6.45) is -1.43. The van der Waals surface area contributed by atoms with Gasteiger partial charge >= 0.3 is 0 Å². The average molecular weight is 478 g/mol. The molecule has 4 rings (SSSR count). The Morgan fingerprint density at radius 3 is 2.53 bits per heavy atom. The molecule has 1 amide bonds. The summed E-state index contributed by atoms with van der Waals surface area (Å²) in [5, 5.41) is 11.6. The highest BCUT2D eigenvalue weighted by Gasteiger charge is 2.46. The number of alkyl halides is 2. The number of methoxy groups -OCH3 is 1. The van der Waals surface area contributed by atoms with Gasteiger partial charge in [-0.3, -0.25) is 9.59 Å². The van der Waals surface area contributed by atoms with E-state index < -0.39 is 58.4 Å². The number of ether oxygens (including phenoxy) is 1. The molecule has 1 heterocycles. The largest absolute Gasteiger partial charge is 0.497 e. The van der Waals surface area contributed by atoms with E-state index in [1.165, 1.54) is 11.7 Å². The van der Waals surface area contributed by atoms with Crippen molar-refractivity contribution in [1.82, 2.24) is 9.88 Å². The van der Waals surface area contributed by atoms with Gasteiger partial charge in [-0.2, -0.15) is 0 Å². The molecule has 6 nitrogen and oxygen atoms in total. The highest BCUT2D eigenvalue weighted by Crippen LogP contribution is 2.33. The molecular weight excluding hydrogens is 456 g/mol. The number of hydrogen-bond acceptors (Lipinski definition) is 4. The van der Waals surface area contributed by atoms with E-state index >= 15 is 0 Å². The Morgan fingerprint density at radius 1 is 1.18 bits per heavy atom. The lowest BCUT2D eigenvalue weighted by Gasteiger charge is -2.34. The third kappa shape index (κ3) is 4.37. The van der Waals surface area contributed by atoms with Gasteiger partial charge in [-0.05, 0) is 42.7 Å². The van der Waals surface area contributed by atoms with Crippen molar-refractivity contribution in [2.45, 2.75) is 43.9 Å². The Hall–Kier alpha value is -3.40. The van der Waals surface area contributed by atoms with E-state index in [1.54, 1.807) is 24.3 Å². The molecule has 2 aromatic carbocycles. The second-order valence-electron chi connectivity index (χ2n) is 8.28. The van der Waals surface area contributed by atoms with Crippen LogP contribution in [0.1, 0.15) is 35.2 Å². The Kier molecular flexibility index (Phi) is 6.35. The molecule has 1 aromatic heterocycles. The summed E-state index contributed by atoms with van der Waals surface area (Å²) in [4.78, 5) is 25.9. The van der Waals surface area contributed by atoms with Gasteiger partial charge in [0.05, 0.1) is 24.1 Å². The van der Waals surface area contributed by atoms with Crippen molar-refractivity contribution >= 4 is 16.8 Å². The number of rotatable bonds is 5. The fourth-order valence-electron chi connectivity index (χ4n) is 4.22. The van der Waals surface area contributed by atoms with Crippen LogP contribution in [0.25, 0.3) is 10.9 Å². The Labute approximate surface area is 191 Å². The Balaban J connectivity index is 1.78. The molecule has 2 atom stereocenters. The van der Waals surface area contributed by atoms with Crippen molar-refractivity contribution in [3.63, 3.8) is 0 Å². The van der Waals surface area contributed by atoms with Crippen LogP contribution < -0.4 is 15.5 Å². The van der Waals surface area contributed by atoms with Gasteiger partial charge in [0.25, 0.3) is 11.8 Å². The van der Waals surface area contributed by atoms with E-state index in [0.29, 0.717) is 11.3 Å². The fraction of sp³-hybridized carbons (Fsp3) is 0.333. The molecule has 2 N–H and O–H groups in total. The SMILES string of the molecule is COc1ccc(Cn2cc(C(=O)N[C@@H]3CCCC(F)(F)[C@H]3O)c(=O)c3c(F)ccc(F)c32)cc1. The van der Waals surface area contributed by atoms with Crippen LogP contribution in [0.2, 0.25) is 0 Å². The molecule has 0 saturated heterocycles. The third-order valence-electron chi connectivity index (χ3n) is 6.03. The topological polar surface area (TPSA) is 80.6 Å². The van der Waals surface area contributed by atoms with Crippen LogP contribution >= 0.6 is 0 Å². The monoisotopic (exact) mass is 478 g/mol. The second-order valence-corrected chi connectivity index (χ2v) is 8.28. The van der Waals surface area contributed by atoms with E-state index in [9.17, 15) is 32.3 Å². The normalized spacial score (nSPS) is 19.7. The number of nitrogens with zero attached hydrogens (tertiary/aromatic N) is 1. The molecule has 34 heavy (non-hydrogen) atoms. The molecule has 3 aromatic rings. The number of carbonyl (C=O) groups is 1. The van der Waals surface area contributed by atoms with Crippen molar-refractivity contribution in [2.24, 2.45) is 0 Å². The second kappa shape index (κ2) is 9.09. The van der Waals surface area contributed by atoms with Gasteiger partial charge < -0.3 is 19.7 Å². The smallest absolute Gasteiger partial charge is 0.275 e. The number of amides is 1. The van der Waals surface area contributed by atoms with E-state index in [-0.39, 0.29) is 24.9 Å². The maximum absolute atomic E-state index is 14.7. The Bertz CT molecular complexity index is 1290. The summed E-state index contributed by atoms with van der Waals surface area (Å²) in [5.74, 6) is -5.75. The third-order valence-corrected chi connectivity index (χ3v) is 6.03. The summed E-state index contributed by atoms with van der Waals surface area (Å²) in [6, 6.07) is 7.05. The standard InChI is InChI=1S/C24H22F4N2O4/c1-34-14-6-4-13(5-7-14)11-30-12-15(21(31)19-16(25)8-9-17(26)20(19)30)23(33)29-18-3-2-10-24(27,28)22(18)32/h4-9,12,18,22,32H,2-3,10-11H2,1H3,(H,29,33)/t18-,22+/m1/s1. The zero-order valence-electron chi connectivity index (χ0n) is 18.2. The number of benzene rings is 2. The van der Waals surface area contributed by atoms with E-state index in [4.69, 9.17) is 4.74 Å². The van der Waals surface area contributed by atoms with Gasteiger partial charge in [-0.25, -0.2) is 17.6 Å². The molecule has 1 saturated carbocycles. The number of halogens is 4. The number of aliphatic hydroxyl groups is 1. The van der Waals surface area contributed by atoms with Gasteiger partial charge in [0.15, 0.2) is 0 Å². The van der Waals surface area contributed by atoms with Crippen molar-refractivity contribution in [3.8, 4) is 5.75 Å². The molecule has 1 aliphatic carbocycles. The summed E-state index contributed by atoms with van der Waals surface area (Å²) < 4.78 is 63.4. The predicted molar refractivity (Wildman–Crippen MR) is 116 cm³/mol. The molecule has 1 fully saturated rings. The van der Waals surface area contributed by atoms with Gasteiger partial charge in [0, 0.05) is 19.2 Å².